The van der Waals surface area contributed by atoms with Crippen molar-refractivity contribution in [2.75, 3.05) is 12.4 Å². The molecule has 114 valence electrons. The lowest BCUT2D eigenvalue weighted by atomic mass is 10.2. The zero-order valence-electron chi connectivity index (χ0n) is 11.7. The number of anilines is 1. The van der Waals surface area contributed by atoms with Gasteiger partial charge in [0.05, 0.1) is 18.8 Å². The highest BCUT2D eigenvalue weighted by molar-refractivity contribution is 5.95. The Hall–Kier alpha value is -2.19. The second-order valence-electron chi connectivity index (χ2n) is 4.18. The Morgan fingerprint density at radius 2 is 2.24 bits per heavy atom. The van der Waals surface area contributed by atoms with Gasteiger partial charge in [0.2, 0.25) is 5.91 Å². The number of hydrogen-bond donors (Lipinski definition) is 2. The van der Waals surface area contributed by atoms with Crippen molar-refractivity contribution in [3.63, 3.8) is 0 Å². The number of rotatable bonds is 5. The Morgan fingerprint density at radius 1 is 1.48 bits per heavy atom. The third-order valence-corrected chi connectivity index (χ3v) is 2.78. The molecule has 0 saturated heterocycles. The van der Waals surface area contributed by atoms with Crippen molar-refractivity contribution >= 4 is 24.0 Å². The molecular weight excluding hydrogens is 296 g/mol. The molecule has 1 heterocycles. The second-order valence-corrected chi connectivity index (χ2v) is 4.18. The second kappa shape index (κ2) is 7.55. The fourth-order valence-corrected chi connectivity index (χ4v) is 1.61. The lowest BCUT2D eigenvalue weighted by molar-refractivity contribution is -0.117. The predicted octanol–water partition coefficient (Wildman–Crippen LogP) is 0.768. The van der Waals surface area contributed by atoms with Crippen molar-refractivity contribution in [2.24, 2.45) is 5.73 Å². The molecule has 0 aliphatic heterocycles. The van der Waals surface area contributed by atoms with Gasteiger partial charge in [-0.3, -0.25) is 4.79 Å². The summed E-state index contributed by atoms with van der Waals surface area (Å²) in [5.74, 6) is 0.335. The standard InChI is InChI=1S/C12H16N6O2.ClH/c1-3-11(13)12(19)15-8-4-9(6-10(5-8)20-2)18-7-14-16-17-18;/h4-7,11H,3,13H2,1-2H3,(H,15,19);1H/t11-;/m0./s1. The molecule has 2 aromatic rings. The number of methoxy groups -OCH3 is 1. The lowest BCUT2D eigenvalue weighted by Crippen LogP contribution is -2.34. The van der Waals surface area contributed by atoms with Crippen LogP contribution in [0.3, 0.4) is 0 Å². The fraction of sp³-hybridized carbons (Fsp3) is 0.333. The normalized spacial score (nSPS) is 11.4. The van der Waals surface area contributed by atoms with Crippen molar-refractivity contribution in [1.29, 1.82) is 0 Å². The van der Waals surface area contributed by atoms with E-state index in [9.17, 15) is 4.79 Å². The summed E-state index contributed by atoms with van der Waals surface area (Å²) in [7, 11) is 1.54. The first-order chi connectivity index (χ1) is 9.63. The van der Waals surface area contributed by atoms with Crippen molar-refractivity contribution in [2.45, 2.75) is 19.4 Å². The minimum absolute atomic E-state index is 0. The maximum atomic E-state index is 11.8. The molecule has 9 heteroatoms. The average molecular weight is 313 g/mol. The number of aromatic nitrogens is 4. The maximum absolute atomic E-state index is 11.8. The van der Waals surface area contributed by atoms with Crippen LogP contribution in [-0.2, 0) is 4.79 Å². The van der Waals surface area contributed by atoms with Crippen LogP contribution in [0.15, 0.2) is 24.5 Å². The monoisotopic (exact) mass is 312 g/mol. The van der Waals surface area contributed by atoms with Gasteiger partial charge in [-0.1, -0.05) is 6.92 Å². The number of nitrogens with zero attached hydrogens (tertiary/aromatic N) is 4. The van der Waals surface area contributed by atoms with E-state index in [1.165, 1.54) is 11.0 Å². The van der Waals surface area contributed by atoms with Gasteiger partial charge in [-0.05, 0) is 22.9 Å². The SMILES string of the molecule is CC[C@H](N)C(=O)Nc1cc(OC)cc(-n2cnnn2)c1.Cl. The van der Waals surface area contributed by atoms with Gasteiger partial charge in [0.15, 0.2) is 0 Å². The number of halogens is 1. The minimum atomic E-state index is -0.544. The maximum Gasteiger partial charge on any atom is 0.241 e. The summed E-state index contributed by atoms with van der Waals surface area (Å²) >= 11 is 0. The van der Waals surface area contributed by atoms with Crippen LogP contribution < -0.4 is 15.8 Å². The first-order valence-corrected chi connectivity index (χ1v) is 6.13. The molecular formula is C12H17ClN6O2. The minimum Gasteiger partial charge on any atom is -0.497 e. The summed E-state index contributed by atoms with van der Waals surface area (Å²) in [6.07, 6.45) is 2.02. The Labute approximate surface area is 128 Å². The van der Waals surface area contributed by atoms with Gasteiger partial charge in [-0.25, -0.2) is 4.68 Å². The van der Waals surface area contributed by atoms with E-state index in [4.69, 9.17) is 10.5 Å². The molecule has 21 heavy (non-hydrogen) atoms. The van der Waals surface area contributed by atoms with E-state index in [2.05, 4.69) is 20.8 Å². The van der Waals surface area contributed by atoms with E-state index in [1.54, 1.807) is 25.3 Å². The van der Waals surface area contributed by atoms with Gasteiger partial charge in [0, 0.05) is 17.8 Å². The summed E-state index contributed by atoms with van der Waals surface area (Å²) < 4.78 is 6.67. The first-order valence-electron chi connectivity index (χ1n) is 6.13. The van der Waals surface area contributed by atoms with Crippen LogP contribution in [0.2, 0.25) is 0 Å². The number of nitrogens with one attached hydrogen (secondary N) is 1. The summed E-state index contributed by atoms with van der Waals surface area (Å²) in [6, 6.07) is 4.65. The smallest absolute Gasteiger partial charge is 0.241 e. The molecule has 0 radical (unpaired) electrons. The van der Waals surface area contributed by atoms with Crippen LogP contribution >= 0.6 is 12.4 Å². The highest BCUT2D eigenvalue weighted by Crippen LogP contribution is 2.23. The number of nitrogens with two attached hydrogens (primary N) is 1. The third-order valence-electron chi connectivity index (χ3n) is 2.78. The predicted molar refractivity (Wildman–Crippen MR) is 79.9 cm³/mol. The zero-order valence-corrected chi connectivity index (χ0v) is 12.5. The lowest BCUT2D eigenvalue weighted by Gasteiger charge is -2.12. The quantitative estimate of drug-likeness (QED) is 0.844. The summed E-state index contributed by atoms with van der Waals surface area (Å²) in [5, 5.41) is 13.7. The van der Waals surface area contributed by atoms with E-state index >= 15 is 0 Å². The van der Waals surface area contributed by atoms with Crippen molar-refractivity contribution in [3.8, 4) is 11.4 Å². The highest BCUT2D eigenvalue weighted by Gasteiger charge is 2.12. The number of benzene rings is 1. The summed E-state index contributed by atoms with van der Waals surface area (Å²) in [5.41, 5.74) is 6.94. The van der Waals surface area contributed by atoms with E-state index < -0.39 is 6.04 Å². The molecule has 0 fully saturated rings. The number of ether oxygens (including phenoxy) is 1. The van der Waals surface area contributed by atoms with Crippen LogP contribution in [-0.4, -0.2) is 39.3 Å². The van der Waals surface area contributed by atoms with E-state index in [0.717, 1.165) is 0 Å². The Balaban J connectivity index is 0.00000220. The molecule has 1 atom stereocenters. The third kappa shape index (κ3) is 4.14. The number of amides is 1. The molecule has 8 nitrogen and oxygen atoms in total. The molecule has 0 aliphatic rings. The zero-order chi connectivity index (χ0) is 14.5. The van der Waals surface area contributed by atoms with Crippen LogP contribution in [0, 0.1) is 0 Å². The van der Waals surface area contributed by atoms with Crippen LogP contribution in [0.1, 0.15) is 13.3 Å². The molecule has 1 amide bonds. The van der Waals surface area contributed by atoms with Crippen molar-refractivity contribution < 1.29 is 9.53 Å². The molecule has 1 aromatic carbocycles. The van der Waals surface area contributed by atoms with Gasteiger partial charge in [0.1, 0.15) is 12.1 Å². The highest BCUT2D eigenvalue weighted by atomic mass is 35.5. The van der Waals surface area contributed by atoms with E-state index in [0.29, 0.717) is 23.5 Å². The molecule has 3 N–H and O–H groups in total. The van der Waals surface area contributed by atoms with Gasteiger partial charge in [0.25, 0.3) is 0 Å². The molecule has 0 spiro atoms. The molecule has 2 rings (SSSR count). The van der Waals surface area contributed by atoms with E-state index in [-0.39, 0.29) is 18.3 Å². The largest absolute Gasteiger partial charge is 0.497 e. The van der Waals surface area contributed by atoms with Gasteiger partial charge >= 0.3 is 0 Å². The Bertz CT molecular complexity index is 589. The Kier molecular flexibility index (Phi) is 6.07. The van der Waals surface area contributed by atoms with Crippen molar-refractivity contribution in [3.05, 3.63) is 24.5 Å². The fourth-order valence-electron chi connectivity index (χ4n) is 1.61. The number of tetrazole rings is 1. The van der Waals surface area contributed by atoms with Gasteiger partial charge < -0.3 is 15.8 Å². The molecule has 0 unspecified atom stereocenters. The van der Waals surface area contributed by atoms with Gasteiger partial charge in [-0.15, -0.1) is 17.5 Å². The summed E-state index contributed by atoms with van der Waals surface area (Å²) in [4.78, 5) is 11.8. The van der Waals surface area contributed by atoms with Crippen LogP contribution in [0.4, 0.5) is 5.69 Å². The average Bonchev–Trinajstić information content (AvgIpc) is 3.00. The van der Waals surface area contributed by atoms with Crippen LogP contribution in [0.25, 0.3) is 5.69 Å². The first kappa shape index (κ1) is 16.9. The number of carbonyl (C=O) groups is 1. The van der Waals surface area contributed by atoms with Crippen molar-refractivity contribution in [1.82, 2.24) is 20.2 Å². The summed E-state index contributed by atoms with van der Waals surface area (Å²) in [6.45, 7) is 1.85. The Morgan fingerprint density at radius 3 is 2.81 bits per heavy atom. The topological polar surface area (TPSA) is 108 Å². The molecule has 0 aliphatic carbocycles. The van der Waals surface area contributed by atoms with Crippen LogP contribution in [0.5, 0.6) is 5.75 Å². The van der Waals surface area contributed by atoms with Gasteiger partial charge in [-0.2, -0.15) is 0 Å². The molecule has 0 bridgehead atoms. The number of hydrogen-bond acceptors (Lipinski definition) is 6. The number of carbonyl (C=O) groups excluding carboxylic acids is 1. The molecule has 1 aromatic heterocycles. The van der Waals surface area contributed by atoms with E-state index in [1.807, 2.05) is 6.92 Å². The molecule has 0 saturated carbocycles.